The number of rotatable bonds is 0. The highest BCUT2D eigenvalue weighted by molar-refractivity contribution is 5.48. The van der Waals surface area contributed by atoms with Gasteiger partial charge in [-0.25, -0.2) is 0 Å². The largest absolute Gasteiger partial charge is 0.504 e. The van der Waals surface area contributed by atoms with Crippen molar-refractivity contribution in [1.82, 2.24) is 0 Å². The lowest BCUT2D eigenvalue weighted by Crippen LogP contribution is -2.39. The first-order valence-corrected chi connectivity index (χ1v) is 8.13. The Balaban J connectivity index is 1.74. The molecule has 108 valence electrons. The van der Waals surface area contributed by atoms with Crippen molar-refractivity contribution in [3.63, 3.8) is 0 Å². The molecule has 4 atom stereocenters. The molecular weight excluding hydrogens is 248 g/mol. The average Bonchev–Trinajstić information content (AvgIpc) is 2.82. The van der Waals surface area contributed by atoms with Crippen molar-refractivity contribution in [3.05, 3.63) is 23.3 Å². The van der Waals surface area contributed by atoms with Gasteiger partial charge in [0.2, 0.25) is 0 Å². The third kappa shape index (κ3) is 1.63. The van der Waals surface area contributed by atoms with Crippen LogP contribution in [0.1, 0.15) is 62.5 Å². The van der Waals surface area contributed by atoms with Gasteiger partial charge in [0.05, 0.1) is 0 Å². The Morgan fingerprint density at radius 3 is 2.70 bits per heavy atom. The van der Waals surface area contributed by atoms with E-state index in [1.807, 2.05) is 6.07 Å². The highest BCUT2D eigenvalue weighted by atomic mass is 16.3. The van der Waals surface area contributed by atoms with Gasteiger partial charge in [0, 0.05) is 0 Å². The molecule has 0 radical (unpaired) electrons. The normalized spacial score (nSPS) is 39.0. The summed E-state index contributed by atoms with van der Waals surface area (Å²) in [6.45, 7) is 2.50. The fraction of sp³-hybridized carbons (Fsp3) is 0.667. The van der Waals surface area contributed by atoms with Gasteiger partial charge in [-0.1, -0.05) is 13.3 Å². The summed E-state index contributed by atoms with van der Waals surface area (Å²) in [4.78, 5) is 0. The van der Waals surface area contributed by atoms with E-state index in [4.69, 9.17) is 0 Å². The van der Waals surface area contributed by atoms with Gasteiger partial charge in [-0.15, -0.1) is 0 Å². The average molecular weight is 272 g/mol. The maximum atomic E-state index is 9.85. The van der Waals surface area contributed by atoms with Crippen molar-refractivity contribution >= 4 is 0 Å². The van der Waals surface area contributed by atoms with Gasteiger partial charge in [0.1, 0.15) is 0 Å². The van der Waals surface area contributed by atoms with Crippen LogP contribution >= 0.6 is 0 Å². The van der Waals surface area contributed by atoms with Crippen LogP contribution in [0.3, 0.4) is 0 Å². The van der Waals surface area contributed by atoms with Crippen molar-refractivity contribution in [1.29, 1.82) is 0 Å². The SMILES string of the molecule is C[C@@]12CCC[C@H]1[C@@H]1CCc3cc(O)c(O)cc3C1CC2. The van der Waals surface area contributed by atoms with Gasteiger partial charge >= 0.3 is 0 Å². The molecule has 4 rings (SSSR count). The zero-order valence-electron chi connectivity index (χ0n) is 12.2. The molecule has 0 saturated heterocycles. The molecular formula is C18H24O2. The minimum absolute atomic E-state index is 0.0451. The lowest BCUT2D eigenvalue weighted by Gasteiger charge is -2.49. The molecule has 1 aromatic carbocycles. The predicted octanol–water partition coefficient (Wildman–Crippen LogP) is 4.34. The number of aryl methyl sites for hydroxylation is 1. The van der Waals surface area contributed by atoms with E-state index in [0.717, 1.165) is 18.3 Å². The van der Waals surface area contributed by atoms with Crippen LogP contribution in [-0.2, 0) is 6.42 Å². The zero-order chi connectivity index (χ0) is 13.9. The number of hydrogen-bond acceptors (Lipinski definition) is 2. The number of phenols is 2. The second kappa shape index (κ2) is 4.16. The van der Waals surface area contributed by atoms with Gasteiger partial charge < -0.3 is 10.2 Å². The molecule has 0 spiro atoms. The summed E-state index contributed by atoms with van der Waals surface area (Å²) in [6.07, 6.45) is 9.14. The molecule has 1 unspecified atom stereocenters. The molecule has 2 nitrogen and oxygen atoms in total. The predicted molar refractivity (Wildman–Crippen MR) is 79.0 cm³/mol. The topological polar surface area (TPSA) is 40.5 Å². The summed E-state index contributed by atoms with van der Waals surface area (Å²) in [5.41, 5.74) is 3.17. The summed E-state index contributed by atoms with van der Waals surface area (Å²) in [5.74, 6) is 2.40. The van der Waals surface area contributed by atoms with Crippen LogP contribution < -0.4 is 0 Å². The van der Waals surface area contributed by atoms with Gasteiger partial charge in [0.15, 0.2) is 11.5 Å². The van der Waals surface area contributed by atoms with Crippen molar-refractivity contribution in [3.8, 4) is 11.5 Å². The summed E-state index contributed by atoms with van der Waals surface area (Å²) in [6, 6.07) is 3.64. The Kier molecular flexibility index (Phi) is 2.61. The fourth-order valence-corrected chi connectivity index (χ4v) is 5.59. The van der Waals surface area contributed by atoms with Gasteiger partial charge in [0.25, 0.3) is 0 Å². The Labute approximate surface area is 120 Å². The van der Waals surface area contributed by atoms with E-state index >= 15 is 0 Å². The molecule has 2 fully saturated rings. The van der Waals surface area contributed by atoms with Crippen molar-refractivity contribution in [2.75, 3.05) is 0 Å². The third-order valence-corrected chi connectivity index (χ3v) is 6.60. The Bertz CT molecular complexity index is 551. The van der Waals surface area contributed by atoms with Crippen LogP contribution in [0.2, 0.25) is 0 Å². The number of aromatic hydroxyl groups is 2. The fourth-order valence-electron chi connectivity index (χ4n) is 5.59. The van der Waals surface area contributed by atoms with Crippen LogP contribution in [0, 0.1) is 17.3 Å². The molecule has 0 aliphatic heterocycles. The Morgan fingerprint density at radius 2 is 1.85 bits per heavy atom. The Hall–Kier alpha value is -1.18. The van der Waals surface area contributed by atoms with E-state index in [1.165, 1.54) is 49.7 Å². The first-order valence-electron chi connectivity index (χ1n) is 8.13. The second-order valence-electron chi connectivity index (χ2n) is 7.54. The maximum absolute atomic E-state index is 9.85. The molecule has 0 aromatic heterocycles. The molecule has 2 N–H and O–H groups in total. The first kappa shape index (κ1) is 12.6. The molecule has 2 heteroatoms. The summed E-state index contributed by atoms with van der Waals surface area (Å²) in [5, 5.41) is 19.6. The summed E-state index contributed by atoms with van der Waals surface area (Å²) >= 11 is 0. The van der Waals surface area contributed by atoms with Crippen LogP contribution in [0.15, 0.2) is 12.1 Å². The lowest BCUT2D eigenvalue weighted by molar-refractivity contribution is 0.0597. The molecule has 3 aliphatic carbocycles. The van der Waals surface area contributed by atoms with Crippen LogP contribution in [-0.4, -0.2) is 10.2 Å². The summed E-state index contributed by atoms with van der Waals surface area (Å²) in [7, 11) is 0. The highest BCUT2D eigenvalue weighted by Gasteiger charge is 2.50. The number of fused-ring (bicyclic) bond motifs is 5. The second-order valence-corrected chi connectivity index (χ2v) is 7.54. The molecule has 2 saturated carbocycles. The monoisotopic (exact) mass is 272 g/mol. The minimum atomic E-state index is 0.0451. The van der Waals surface area contributed by atoms with Crippen molar-refractivity contribution in [2.45, 2.75) is 57.8 Å². The third-order valence-electron chi connectivity index (χ3n) is 6.60. The van der Waals surface area contributed by atoms with Gasteiger partial charge in [-0.2, -0.15) is 0 Å². The maximum Gasteiger partial charge on any atom is 0.157 e. The number of phenolic OH excluding ortho intramolecular Hbond substituents is 2. The van der Waals surface area contributed by atoms with E-state index in [1.54, 1.807) is 6.07 Å². The van der Waals surface area contributed by atoms with E-state index in [9.17, 15) is 10.2 Å². The van der Waals surface area contributed by atoms with Gasteiger partial charge in [-0.05, 0) is 85.0 Å². The number of benzene rings is 1. The zero-order valence-corrected chi connectivity index (χ0v) is 12.2. The molecule has 0 amide bonds. The highest BCUT2D eigenvalue weighted by Crippen LogP contribution is 2.61. The van der Waals surface area contributed by atoms with E-state index in [0.29, 0.717) is 11.3 Å². The molecule has 1 aromatic rings. The molecule has 0 heterocycles. The smallest absolute Gasteiger partial charge is 0.157 e. The summed E-state index contributed by atoms with van der Waals surface area (Å²) < 4.78 is 0. The van der Waals surface area contributed by atoms with E-state index < -0.39 is 0 Å². The standard InChI is InChI=1S/C18H24O2/c1-18-7-2-3-15(18)13-5-4-11-9-16(19)17(20)10-14(11)12(13)6-8-18/h9-10,12-13,15,19-20H,2-8H2,1H3/t12?,13-,15+,18+/m1/s1. The van der Waals surface area contributed by atoms with E-state index in [2.05, 4.69) is 6.92 Å². The van der Waals surface area contributed by atoms with Crippen LogP contribution in [0.5, 0.6) is 11.5 Å². The van der Waals surface area contributed by atoms with Crippen LogP contribution in [0.25, 0.3) is 0 Å². The molecule has 0 bridgehead atoms. The van der Waals surface area contributed by atoms with Crippen molar-refractivity contribution < 1.29 is 10.2 Å². The van der Waals surface area contributed by atoms with Crippen molar-refractivity contribution in [2.24, 2.45) is 17.3 Å². The molecule has 3 aliphatic rings. The molecule has 20 heavy (non-hydrogen) atoms. The Morgan fingerprint density at radius 1 is 1.05 bits per heavy atom. The van der Waals surface area contributed by atoms with E-state index in [-0.39, 0.29) is 11.5 Å². The van der Waals surface area contributed by atoms with Gasteiger partial charge in [-0.3, -0.25) is 0 Å². The first-order chi connectivity index (χ1) is 9.58. The quantitative estimate of drug-likeness (QED) is 0.690. The number of hydrogen-bond donors (Lipinski definition) is 2. The minimum Gasteiger partial charge on any atom is -0.504 e. The lowest BCUT2D eigenvalue weighted by atomic mass is 9.56. The van der Waals surface area contributed by atoms with Crippen LogP contribution in [0.4, 0.5) is 0 Å².